The van der Waals surface area contributed by atoms with E-state index in [1.54, 1.807) is 30.3 Å². The number of amides is 1. The first-order valence-electron chi connectivity index (χ1n) is 9.85. The first-order chi connectivity index (χ1) is 15.8. The Bertz CT molecular complexity index is 1330. The molecule has 0 aliphatic heterocycles. The molecule has 3 aromatic rings. The largest absolute Gasteiger partial charge is 0.455 e. The Morgan fingerprint density at radius 3 is 2.15 bits per heavy atom. The van der Waals surface area contributed by atoms with Gasteiger partial charge in [-0.2, -0.15) is 0 Å². The summed E-state index contributed by atoms with van der Waals surface area (Å²) in [6.45, 7) is -0.619. The van der Waals surface area contributed by atoms with Gasteiger partial charge in [-0.1, -0.05) is 42.5 Å². The summed E-state index contributed by atoms with van der Waals surface area (Å²) in [4.78, 5) is 60.1. The van der Waals surface area contributed by atoms with Crippen molar-refractivity contribution in [1.29, 1.82) is 0 Å². The van der Waals surface area contributed by atoms with Crippen LogP contribution in [0.3, 0.4) is 0 Å². The summed E-state index contributed by atoms with van der Waals surface area (Å²) in [5.41, 5.74) is 1.26. The molecule has 0 aromatic heterocycles. The van der Waals surface area contributed by atoms with Crippen LogP contribution < -0.4 is 5.32 Å². The number of anilines is 1. The standard InChI is InChI=1S/C24H16N2O7/c27-21(13-33-22(28)11-14-5-1-4-8-20(14)26(31)32)25-15-9-10-18-19(12-15)24(30)17-7-3-2-6-16(17)23(18)29/h1-10,12H,11,13H2,(H,25,27). The van der Waals surface area contributed by atoms with Crippen LogP contribution in [0.15, 0.2) is 66.7 Å². The zero-order valence-corrected chi connectivity index (χ0v) is 17.1. The Hall–Kier alpha value is -4.66. The lowest BCUT2D eigenvalue weighted by atomic mass is 9.84. The Kier molecular flexibility index (Phi) is 5.77. The van der Waals surface area contributed by atoms with Crippen LogP contribution in [0.2, 0.25) is 0 Å². The number of nitro groups is 1. The van der Waals surface area contributed by atoms with E-state index < -0.39 is 23.4 Å². The van der Waals surface area contributed by atoms with E-state index in [-0.39, 0.29) is 46.1 Å². The highest BCUT2D eigenvalue weighted by atomic mass is 16.6. The Labute approximate surface area is 187 Å². The number of hydrogen-bond donors (Lipinski definition) is 1. The van der Waals surface area contributed by atoms with Crippen molar-refractivity contribution in [3.05, 3.63) is 105 Å². The van der Waals surface area contributed by atoms with Gasteiger partial charge in [0.2, 0.25) is 0 Å². The molecule has 1 aliphatic rings. The van der Waals surface area contributed by atoms with Crippen LogP contribution in [-0.4, -0.2) is 35.0 Å². The van der Waals surface area contributed by atoms with Gasteiger partial charge in [0.05, 0.1) is 11.3 Å². The maximum absolute atomic E-state index is 12.8. The number of ether oxygens (including phenoxy) is 1. The third-order valence-electron chi connectivity index (χ3n) is 5.10. The average Bonchev–Trinajstić information content (AvgIpc) is 2.81. The third kappa shape index (κ3) is 4.38. The number of ketones is 2. The molecule has 1 aliphatic carbocycles. The molecule has 33 heavy (non-hydrogen) atoms. The molecule has 0 bridgehead atoms. The molecule has 164 valence electrons. The number of carbonyl (C=O) groups is 4. The molecule has 0 spiro atoms. The summed E-state index contributed by atoms with van der Waals surface area (Å²) in [5.74, 6) is -2.07. The van der Waals surface area contributed by atoms with E-state index in [9.17, 15) is 29.3 Å². The highest BCUT2D eigenvalue weighted by Crippen LogP contribution is 2.29. The highest BCUT2D eigenvalue weighted by molar-refractivity contribution is 6.28. The van der Waals surface area contributed by atoms with Gasteiger partial charge in [-0.25, -0.2) is 0 Å². The van der Waals surface area contributed by atoms with Gasteiger partial charge in [-0.15, -0.1) is 0 Å². The molecule has 0 radical (unpaired) electrons. The van der Waals surface area contributed by atoms with E-state index in [1.807, 2.05) is 0 Å². The minimum absolute atomic E-state index is 0.171. The van der Waals surface area contributed by atoms with Crippen LogP contribution in [-0.2, 0) is 20.7 Å². The first-order valence-corrected chi connectivity index (χ1v) is 9.85. The molecule has 0 saturated heterocycles. The fourth-order valence-corrected chi connectivity index (χ4v) is 3.57. The van der Waals surface area contributed by atoms with Gasteiger partial charge < -0.3 is 10.1 Å². The predicted octanol–water partition coefficient (Wildman–Crippen LogP) is 3.09. The molecule has 0 fully saturated rings. The zero-order valence-electron chi connectivity index (χ0n) is 17.1. The molecule has 9 nitrogen and oxygen atoms in total. The number of carbonyl (C=O) groups excluding carboxylic acids is 4. The molecule has 9 heteroatoms. The minimum atomic E-state index is -0.803. The number of rotatable bonds is 6. The van der Waals surface area contributed by atoms with Crippen LogP contribution in [0.5, 0.6) is 0 Å². The van der Waals surface area contributed by atoms with E-state index >= 15 is 0 Å². The zero-order chi connectivity index (χ0) is 23.5. The van der Waals surface area contributed by atoms with E-state index in [1.165, 1.54) is 36.4 Å². The molecule has 0 heterocycles. The summed E-state index contributed by atoms with van der Waals surface area (Å²) in [7, 11) is 0. The van der Waals surface area contributed by atoms with Crippen molar-refractivity contribution in [2.24, 2.45) is 0 Å². The Balaban J connectivity index is 1.40. The fourth-order valence-electron chi connectivity index (χ4n) is 3.57. The molecule has 0 saturated carbocycles. The van der Waals surface area contributed by atoms with Crippen LogP contribution in [0, 0.1) is 10.1 Å². The molecule has 1 N–H and O–H groups in total. The molecule has 0 unspecified atom stereocenters. The van der Waals surface area contributed by atoms with Crippen molar-refractivity contribution in [2.75, 3.05) is 11.9 Å². The van der Waals surface area contributed by atoms with Gasteiger partial charge in [0.25, 0.3) is 11.6 Å². The monoisotopic (exact) mass is 444 g/mol. The second kappa shape index (κ2) is 8.83. The Morgan fingerprint density at radius 1 is 0.848 bits per heavy atom. The summed E-state index contributed by atoms with van der Waals surface area (Å²) in [5, 5.41) is 13.5. The SMILES string of the molecule is O=C(COC(=O)Cc1ccccc1[N+](=O)[O-])Nc1ccc2c(c1)C(=O)c1ccccc1C2=O. The lowest BCUT2D eigenvalue weighted by molar-refractivity contribution is -0.385. The summed E-state index contributed by atoms with van der Waals surface area (Å²) in [6, 6.07) is 16.6. The molecule has 4 rings (SSSR count). The number of hydrogen-bond acceptors (Lipinski definition) is 7. The van der Waals surface area contributed by atoms with Gasteiger partial charge in [0.1, 0.15) is 0 Å². The average molecular weight is 444 g/mol. The quantitative estimate of drug-likeness (QED) is 0.274. The summed E-state index contributed by atoms with van der Waals surface area (Å²) in [6.07, 6.45) is -0.362. The Morgan fingerprint density at radius 2 is 1.45 bits per heavy atom. The molecular weight excluding hydrogens is 428 g/mol. The first kappa shape index (κ1) is 21.6. The number of esters is 1. The predicted molar refractivity (Wildman–Crippen MR) is 116 cm³/mol. The van der Waals surface area contributed by atoms with Crippen LogP contribution in [0.25, 0.3) is 0 Å². The van der Waals surface area contributed by atoms with E-state index in [4.69, 9.17) is 4.74 Å². The molecule has 0 atom stereocenters. The van der Waals surface area contributed by atoms with Gasteiger partial charge in [0.15, 0.2) is 18.2 Å². The lowest BCUT2D eigenvalue weighted by Crippen LogP contribution is -2.23. The van der Waals surface area contributed by atoms with Crippen LogP contribution >= 0.6 is 0 Å². The number of nitrogens with one attached hydrogen (secondary N) is 1. The number of benzene rings is 3. The van der Waals surface area contributed by atoms with Gasteiger partial charge in [-0.05, 0) is 18.2 Å². The molecular formula is C24H16N2O7. The third-order valence-corrected chi connectivity index (χ3v) is 5.10. The van der Waals surface area contributed by atoms with Gasteiger partial charge in [0, 0.05) is 39.6 Å². The second-order valence-corrected chi connectivity index (χ2v) is 7.24. The van der Waals surface area contributed by atoms with Crippen molar-refractivity contribution in [3.63, 3.8) is 0 Å². The van der Waals surface area contributed by atoms with E-state index in [0.717, 1.165) is 0 Å². The second-order valence-electron chi connectivity index (χ2n) is 7.24. The van der Waals surface area contributed by atoms with Crippen molar-refractivity contribution in [3.8, 4) is 0 Å². The van der Waals surface area contributed by atoms with Crippen LogP contribution in [0.4, 0.5) is 11.4 Å². The smallest absolute Gasteiger partial charge is 0.311 e. The summed E-state index contributed by atoms with van der Waals surface area (Å²) < 4.78 is 4.92. The maximum Gasteiger partial charge on any atom is 0.311 e. The topological polar surface area (TPSA) is 133 Å². The van der Waals surface area contributed by atoms with E-state index in [2.05, 4.69) is 5.32 Å². The number of para-hydroxylation sites is 1. The minimum Gasteiger partial charge on any atom is -0.455 e. The van der Waals surface area contributed by atoms with Gasteiger partial charge in [-0.3, -0.25) is 29.3 Å². The molecule has 3 aromatic carbocycles. The lowest BCUT2D eigenvalue weighted by Gasteiger charge is -2.18. The number of nitro benzene ring substituents is 1. The van der Waals surface area contributed by atoms with Crippen molar-refractivity contribution in [2.45, 2.75) is 6.42 Å². The highest BCUT2D eigenvalue weighted by Gasteiger charge is 2.29. The van der Waals surface area contributed by atoms with Crippen molar-refractivity contribution >= 4 is 34.8 Å². The summed E-state index contributed by atoms with van der Waals surface area (Å²) >= 11 is 0. The van der Waals surface area contributed by atoms with Crippen LogP contribution in [0.1, 0.15) is 37.4 Å². The van der Waals surface area contributed by atoms with Crippen molar-refractivity contribution in [1.82, 2.24) is 0 Å². The number of nitrogens with zero attached hydrogens (tertiary/aromatic N) is 1. The maximum atomic E-state index is 12.8. The molecule has 1 amide bonds. The number of fused-ring (bicyclic) bond motifs is 2. The fraction of sp³-hybridized carbons (Fsp3) is 0.0833. The normalized spacial score (nSPS) is 11.9. The van der Waals surface area contributed by atoms with E-state index in [0.29, 0.717) is 11.1 Å². The van der Waals surface area contributed by atoms with Crippen molar-refractivity contribution < 1.29 is 28.8 Å². The van der Waals surface area contributed by atoms with Gasteiger partial charge >= 0.3 is 5.97 Å².